The van der Waals surface area contributed by atoms with Gasteiger partial charge in [0, 0.05) is 17.6 Å². The van der Waals surface area contributed by atoms with E-state index >= 15 is 0 Å². The minimum Gasteiger partial charge on any atom is -0.377 e. The van der Waals surface area contributed by atoms with Crippen molar-refractivity contribution < 1.29 is 0 Å². The third-order valence-corrected chi connectivity index (χ3v) is 2.59. The first-order valence-electron chi connectivity index (χ1n) is 7.49. The first-order chi connectivity index (χ1) is 8.54. The second kappa shape index (κ2) is 17.0. The van der Waals surface area contributed by atoms with Gasteiger partial charge in [0.05, 0.1) is 0 Å². The van der Waals surface area contributed by atoms with Crippen LogP contribution in [-0.4, -0.2) is 48.0 Å². The second-order valence-electron chi connectivity index (χ2n) is 7.30. The van der Waals surface area contributed by atoms with E-state index in [2.05, 4.69) is 79.2 Å². The van der Waals surface area contributed by atoms with Crippen molar-refractivity contribution in [1.82, 2.24) is 20.3 Å². The monoisotopic (exact) mass is 348 g/mol. The fourth-order valence-electron chi connectivity index (χ4n) is 1.02. The Morgan fingerprint density at radius 1 is 0.810 bits per heavy atom. The number of hydrogen-bond donors (Lipinski definition) is 4. The second-order valence-corrected chi connectivity index (χ2v) is 19.0. The van der Waals surface area contributed by atoms with Crippen molar-refractivity contribution in [3.63, 3.8) is 0 Å². The van der Waals surface area contributed by atoms with Crippen LogP contribution in [-0.2, 0) is 0 Å². The van der Waals surface area contributed by atoms with E-state index in [-0.39, 0.29) is 32.4 Å². The van der Waals surface area contributed by atoms with Gasteiger partial charge in [0.25, 0.3) is 15.1 Å². The molecule has 21 heavy (non-hydrogen) atoms. The van der Waals surface area contributed by atoms with Crippen LogP contribution in [0, 0.1) is 0 Å². The lowest BCUT2D eigenvalue weighted by Gasteiger charge is -2.28. The maximum atomic E-state index is 3.53. The highest BCUT2D eigenvalue weighted by molar-refractivity contribution is 6.86. The molecule has 0 spiro atoms. The highest BCUT2D eigenvalue weighted by atomic mass is 28.3. The topological polar surface area (TPSA) is 48.1 Å². The van der Waals surface area contributed by atoms with Crippen LogP contribution in [0.5, 0.6) is 0 Å². The van der Waals surface area contributed by atoms with Gasteiger partial charge in [0.15, 0.2) is 0 Å². The van der Waals surface area contributed by atoms with Crippen LogP contribution < -0.4 is 20.3 Å². The van der Waals surface area contributed by atoms with Crippen LogP contribution in [0.2, 0.25) is 58.9 Å². The molecule has 10 heteroatoms. The van der Waals surface area contributed by atoms with Gasteiger partial charge in [-0.15, -0.1) is 0 Å². The summed E-state index contributed by atoms with van der Waals surface area (Å²) >= 11 is 0. The highest BCUT2D eigenvalue weighted by Crippen LogP contribution is 1.92. The van der Waals surface area contributed by atoms with Crippen LogP contribution in [0.1, 0.15) is 14.9 Å². The Labute approximate surface area is 142 Å². The summed E-state index contributed by atoms with van der Waals surface area (Å²) in [5.74, 6) is 0. The summed E-state index contributed by atoms with van der Waals surface area (Å²) in [7, 11) is 0.637. The Hall–Kier alpha value is 0.685. The van der Waals surface area contributed by atoms with Crippen molar-refractivity contribution in [3.8, 4) is 0 Å². The van der Waals surface area contributed by atoms with E-state index in [4.69, 9.17) is 0 Å². The predicted molar refractivity (Wildman–Crippen MR) is 119 cm³/mol. The Morgan fingerprint density at radius 3 is 1.33 bits per heavy atom. The van der Waals surface area contributed by atoms with Crippen LogP contribution in [0.15, 0.2) is 0 Å². The number of rotatable bonds is 2. The average molecular weight is 348 g/mol. The summed E-state index contributed by atoms with van der Waals surface area (Å²) in [4.78, 5) is 3.53. The molecule has 0 bridgehead atoms. The van der Waals surface area contributed by atoms with E-state index in [1.165, 1.54) is 0 Å². The van der Waals surface area contributed by atoms with Crippen molar-refractivity contribution in [3.05, 3.63) is 0 Å². The zero-order valence-electron chi connectivity index (χ0n) is 14.6. The molecule has 0 saturated carbocycles. The van der Waals surface area contributed by atoms with Crippen LogP contribution in [0.25, 0.3) is 0 Å². The molecule has 0 aromatic rings. The first kappa shape index (κ1) is 29.7. The van der Waals surface area contributed by atoms with Crippen LogP contribution >= 0.6 is 0 Å². The fraction of sp³-hybridized carbons (Fsp3) is 1.00. The minimum atomic E-state index is -1.15. The fourth-order valence-corrected chi connectivity index (χ4v) is 2.09. The molecule has 0 aromatic heterocycles. The number of hydrogen-bond acceptors (Lipinski definition) is 4. The molecule has 1 heterocycles. The molecule has 0 amide bonds. The van der Waals surface area contributed by atoms with E-state index in [0.29, 0.717) is 7.12 Å². The van der Waals surface area contributed by atoms with Crippen LogP contribution in [0.4, 0.5) is 0 Å². The standard InChI is InChI=1S/C3H15B3N4Si.2C3H10Si.2CH4/c1-11(2,3)10-6-8-4-7-5-9-6;2*1-4(2)3;;/h4-5,7-10H,1-3H3;2*4H,1-3H3;2*1H4. The normalized spacial score (nSPS) is 13.4. The lowest BCUT2D eigenvalue weighted by Crippen LogP contribution is -2.73. The Morgan fingerprint density at radius 2 is 1.10 bits per heavy atom. The molecule has 1 fully saturated rings. The van der Waals surface area contributed by atoms with Crippen molar-refractivity contribution in [2.45, 2.75) is 73.8 Å². The molecule has 0 radical (unpaired) electrons. The lowest BCUT2D eigenvalue weighted by atomic mass is 9.77. The molecule has 1 rings (SSSR count). The van der Waals surface area contributed by atoms with Gasteiger partial charge in [-0.05, 0) is 0 Å². The molecule has 1 aliphatic rings. The molecular formula is C11H43B3N4Si3. The zero-order chi connectivity index (χ0) is 15.5. The summed E-state index contributed by atoms with van der Waals surface area (Å²) in [6, 6.07) is 0. The lowest BCUT2D eigenvalue weighted by molar-refractivity contribution is 1.15. The van der Waals surface area contributed by atoms with Crippen molar-refractivity contribution in [1.29, 1.82) is 0 Å². The Bertz CT molecular complexity index is 190. The molecule has 1 saturated heterocycles. The quantitative estimate of drug-likeness (QED) is 0.567. The summed E-state index contributed by atoms with van der Waals surface area (Å²) in [6.45, 7) is 20.7. The van der Waals surface area contributed by atoms with Gasteiger partial charge in [-0.1, -0.05) is 73.8 Å². The van der Waals surface area contributed by atoms with Crippen molar-refractivity contribution >= 4 is 48.0 Å². The predicted octanol–water partition coefficient (Wildman–Crippen LogP) is 1.19. The van der Waals surface area contributed by atoms with Gasteiger partial charge in [-0.2, -0.15) is 0 Å². The summed E-state index contributed by atoms with van der Waals surface area (Å²) in [5, 5.41) is 9.71. The van der Waals surface area contributed by atoms with Crippen LogP contribution in [0.3, 0.4) is 0 Å². The van der Waals surface area contributed by atoms with E-state index in [1.54, 1.807) is 0 Å². The molecule has 0 atom stereocenters. The molecule has 128 valence electrons. The highest BCUT2D eigenvalue weighted by Gasteiger charge is 2.24. The third-order valence-electron chi connectivity index (χ3n) is 1.44. The molecule has 0 aromatic carbocycles. The Balaban J connectivity index is -0.000000123. The molecule has 4 nitrogen and oxygen atoms in total. The minimum absolute atomic E-state index is 0. The molecular weight excluding hydrogens is 305 g/mol. The van der Waals surface area contributed by atoms with Crippen molar-refractivity contribution in [2.24, 2.45) is 0 Å². The maximum absolute atomic E-state index is 3.53. The summed E-state index contributed by atoms with van der Waals surface area (Å²) < 4.78 is 0. The maximum Gasteiger partial charge on any atom is 0.366 e. The smallest absolute Gasteiger partial charge is 0.366 e. The van der Waals surface area contributed by atoms with Crippen molar-refractivity contribution in [2.75, 3.05) is 0 Å². The Kier molecular flexibility index (Phi) is 24.1. The summed E-state index contributed by atoms with van der Waals surface area (Å²) in [5.41, 5.74) is 0. The average Bonchev–Trinajstić information content (AvgIpc) is 2.14. The molecule has 1 aliphatic heterocycles. The molecule has 0 aliphatic carbocycles. The van der Waals surface area contributed by atoms with Gasteiger partial charge in [0.2, 0.25) is 0 Å². The van der Waals surface area contributed by atoms with Gasteiger partial charge >= 0.3 is 7.12 Å². The molecule has 4 N–H and O–H groups in total. The van der Waals surface area contributed by atoms with Gasteiger partial charge in [-0.25, -0.2) is 0 Å². The van der Waals surface area contributed by atoms with Gasteiger partial charge < -0.3 is 20.3 Å². The first-order valence-corrected chi connectivity index (χ1v) is 17.9. The van der Waals surface area contributed by atoms with E-state index in [9.17, 15) is 0 Å². The van der Waals surface area contributed by atoms with E-state index < -0.39 is 8.24 Å². The number of nitrogens with one attached hydrogen (secondary N) is 4. The molecule has 0 unspecified atom stereocenters. The van der Waals surface area contributed by atoms with Gasteiger partial charge in [0.1, 0.15) is 8.24 Å². The van der Waals surface area contributed by atoms with E-state index in [1.807, 2.05) is 0 Å². The largest absolute Gasteiger partial charge is 0.377 e. The summed E-state index contributed by atoms with van der Waals surface area (Å²) in [6.07, 6.45) is 0. The third kappa shape index (κ3) is 38.6. The SMILES string of the molecule is C.C.C[SiH](C)C.C[SiH](C)C.C[Si](C)(C)NB1NBNBN1. The zero-order valence-corrected chi connectivity index (χ0v) is 18.0. The van der Waals surface area contributed by atoms with E-state index in [0.717, 1.165) is 15.1 Å². The van der Waals surface area contributed by atoms with Gasteiger partial charge in [-0.3, -0.25) is 0 Å².